The zero-order chi connectivity index (χ0) is 15.3. The summed E-state index contributed by atoms with van der Waals surface area (Å²) < 4.78 is 25.6. The summed E-state index contributed by atoms with van der Waals surface area (Å²) in [6.45, 7) is 0. The molecule has 0 saturated carbocycles. The van der Waals surface area contributed by atoms with Gasteiger partial charge in [-0.3, -0.25) is 0 Å². The molecule has 0 aliphatic carbocycles. The van der Waals surface area contributed by atoms with E-state index < -0.39 is 7.60 Å². The van der Waals surface area contributed by atoms with Crippen LogP contribution < -0.4 is 9.05 Å². The summed E-state index contributed by atoms with van der Waals surface area (Å²) >= 11 is 3.36. The van der Waals surface area contributed by atoms with E-state index in [1.807, 2.05) is 36.4 Å². The van der Waals surface area contributed by atoms with E-state index in [-0.39, 0.29) is 0 Å². The molecule has 0 radical (unpaired) electrons. The van der Waals surface area contributed by atoms with Gasteiger partial charge in [0.1, 0.15) is 11.5 Å². The average molecular weight is 350 g/mol. The van der Waals surface area contributed by atoms with Crippen molar-refractivity contribution >= 4 is 31.1 Å². The fourth-order valence-electron chi connectivity index (χ4n) is 1.86. The number of rotatable bonds is 5. The molecule has 0 spiro atoms. The Balaban J connectivity index is 1.87. The third kappa shape index (κ3) is 4.35. The molecule has 3 rings (SSSR count). The van der Waals surface area contributed by atoms with Crippen molar-refractivity contribution in [3.05, 3.63) is 70.7 Å². The quantitative estimate of drug-likeness (QED) is 0.654. The first-order chi connectivity index (χ1) is 10.7. The Hall–Kier alpha value is -1.29. The Morgan fingerprint density at radius 2 is 1.27 bits per heavy atom. The van der Waals surface area contributed by atoms with E-state index in [4.69, 9.17) is 9.05 Å². The standard InChI is InChI=1S/C16H15O3PS2/c17-20(13-16-21-11-12-22-16,18-14-7-3-1-4-8-14)19-15-9-5-2-6-10-15/h1-10,13H,11-12H2. The molecule has 2 aromatic carbocycles. The molecule has 3 nitrogen and oxygen atoms in total. The van der Waals surface area contributed by atoms with Gasteiger partial charge in [-0.25, -0.2) is 4.57 Å². The Labute approximate surface area is 138 Å². The van der Waals surface area contributed by atoms with Crippen LogP contribution in [0.4, 0.5) is 0 Å². The molecule has 1 aliphatic rings. The molecule has 114 valence electrons. The third-order valence-corrected chi connectivity index (χ3v) is 7.23. The lowest BCUT2D eigenvalue weighted by Crippen LogP contribution is -1.99. The molecule has 1 fully saturated rings. The second-order valence-electron chi connectivity index (χ2n) is 4.49. The van der Waals surface area contributed by atoms with Gasteiger partial charge in [-0.15, -0.1) is 23.5 Å². The zero-order valence-corrected chi connectivity index (χ0v) is 14.3. The lowest BCUT2D eigenvalue weighted by molar-refractivity contribution is 0.398. The van der Waals surface area contributed by atoms with Crippen LogP contribution >= 0.6 is 31.1 Å². The fraction of sp³-hybridized carbons (Fsp3) is 0.125. The van der Waals surface area contributed by atoms with Crippen molar-refractivity contribution in [2.45, 2.75) is 0 Å². The molecular weight excluding hydrogens is 335 g/mol. The minimum absolute atomic E-state index is 0.534. The molecule has 1 aliphatic heterocycles. The smallest absolute Gasteiger partial charge is 0.413 e. The summed E-state index contributed by atoms with van der Waals surface area (Å²) in [7, 11) is -3.42. The van der Waals surface area contributed by atoms with Gasteiger partial charge in [-0.05, 0) is 24.3 Å². The Morgan fingerprint density at radius 3 is 1.73 bits per heavy atom. The minimum atomic E-state index is -3.42. The van der Waals surface area contributed by atoms with Gasteiger partial charge in [0, 0.05) is 11.5 Å². The Bertz CT molecular complexity index is 636. The van der Waals surface area contributed by atoms with Crippen LogP contribution in [0.1, 0.15) is 0 Å². The number of hydrogen-bond acceptors (Lipinski definition) is 5. The molecule has 1 saturated heterocycles. The first kappa shape index (κ1) is 15.6. The summed E-state index contributed by atoms with van der Waals surface area (Å²) in [5, 5.41) is 0. The first-order valence-electron chi connectivity index (χ1n) is 6.81. The van der Waals surface area contributed by atoms with E-state index in [1.165, 1.54) is 0 Å². The predicted octanol–water partition coefficient (Wildman–Crippen LogP) is 5.62. The second-order valence-corrected chi connectivity index (χ2v) is 8.73. The van der Waals surface area contributed by atoms with Crippen LogP contribution in [0, 0.1) is 0 Å². The van der Waals surface area contributed by atoms with Crippen molar-refractivity contribution in [3.63, 3.8) is 0 Å². The summed E-state index contributed by atoms with van der Waals surface area (Å²) in [6.07, 6.45) is 0. The number of benzene rings is 2. The number of para-hydroxylation sites is 2. The molecular formula is C16H15O3PS2. The summed E-state index contributed by atoms with van der Waals surface area (Å²) in [4.78, 5) is 0. The van der Waals surface area contributed by atoms with E-state index in [1.54, 1.807) is 53.6 Å². The summed E-state index contributed by atoms with van der Waals surface area (Å²) in [5.74, 6) is 4.74. The van der Waals surface area contributed by atoms with Gasteiger partial charge in [-0.2, -0.15) is 0 Å². The lowest BCUT2D eigenvalue weighted by atomic mass is 10.3. The average Bonchev–Trinajstić information content (AvgIpc) is 3.01. The predicted molar refractivity (Wildman–Crippen MR) is 94.7 cm³/mol. The Kier molecular flexibility index (Phi) is 5.19. The molecule has 0 N–H and O–H groups in total. The third-order valence-electron chi connectivity index (χ3n) is 2.79. The van der Waals surface area contributed by atoms with Gasteiger partial charge in [0.25, 0.3) is 0 Å². The number of hydrogen-bond donors (Lipinski definition) is 0. The van der Waals surface area contributed by atoms with Gasteiger partial charge in [0.05, 0.1) is 10.1 Å². The van der Waals surface area contributed by atoms with E-state index >= 15 is 0 Å². The molecule has 0 unspecified atom stereocenters. The van der Waals surface area contributed by atoms with Gasteiger partial charge in [0.2, 0.25) is 0 Å². The fourth-order valence-corrected chi connectivity index (χ4v) is 6.36. The van der Waals surface area contributed by atoms with E-state index in [0.29, 0.717) is 11.5 Å². The highest BCUT2D eigenvalue weighted by Crippen LogP contribution is 2.54. The molecule has 1 heterocycles. The van der Waals surface area contributed by atoms with Crippen LogP contribution in [0.3, 0.4) is 0 Å². The molecule has 0 amide bonds. The van der Waals surface area contributed by atoms with E-state index in [0.717, 1.165) is 15.7 Å². The van der Waals surface area contributed by atoms with Crippen molar-refractivity contribution in [1.82, 2.24) is 0 Å². The monoisotopic (exact) mass is 350 g/mol. The Morgan fingerprint density at radius 1 is 0.818 bits per heavy atom. The second kappa shape index (κ2) is 7.32. The topological polar surface area (TPSA) is 35.5 Å². The molecule has 22 heavy (non-hydrogen) atoms. The van der Waals surface area contributed by atoms with Gasteiger partial charge in [-0.1, -0.05) is 36.4 Å². The highest BCUT2D eigenvalue weighted by molar-refractivity contribution is 8.25. The molecule has 0 bridgehead atoms. The largest absolute Gasteiger partial charge is 0.457 e. The van der Waals surface area contributed by atoms with E-state index in [2.05, 4.69) is 0 Å². The lowest BCUT2D eigenvalue weighted by Gasteiger charge is -2.17. The van der Waals surface area contributed by atoms with Crippen LogP contribution in [0.2, 0.25) is 0 Å². The van der Waals surface area contributed by atoms with Crippen molar-refractivity contribution in [3.8, 4) is 11.5 Å². The summed E-state index contributed by atoms with van der Waals surface area (Å²) in [5.41, 5.74) is 0. The molecule has 0 atom stereocenters. The van der Waals surface area contributed by atoms with Crippen LogP contribution in [-0.4, -0.2) is 11.5 Å². The molecule has 6 heteroatoms. The van der Waals surface area contributed by atoms with Crippen molar-refractivity contribution in [2.24, 2.45) is 0 Å². The maximum Gasteiger partial charge on any atom is 0.457 e. The van der Waals surface area contributed by atoms with Crippen molar-refractivity contribution in [1.29, 1.82) is 0 Å². The van der Waals surface area contributed by atoms with Crippen LogP contribution in [-0.2, 0) is 4.57 Å². The number of thioether (sulfide) groups is 2. The molecule has 2 aromatic rings. The molecule has 0 aromatic heterocycles. The van der Waals surface area contributed by atoms with Crippen LogP contribution in [0.15, 0.2) is 70.7 Å². The van der Waals surface area contributed by atoms with Crippen LogP contribution in [0.25, 0.3) is 0 Å². The maximum absolute atomic E-state index is 13.2. The van der Waals surface area contributed by atoms with Crippen molar-refractivity contribution in [2.75, 3.05) is 11.5 Å². The highest BCUT2D eigenvalue weighted by Gasteiger charge is 2.28. The maximum atomic E-state index is 13.2. The van der Waals surface area contributed by atoms with Crippen LogP contribution in [0.5, 0.6) is 11.5 Å². The normalized spacial score (nSPS) is 14.6. The summed E-state index contributed by atoms with van der Waals surface area (Å²) in [6, 6.07) is 18.2. The SMILES string of the molecule is O=P(C=C1SCCS1)(Oc1ccccc1)Oc1ccccc1. The van der Waals surface area contributed by atoms with Gasteiger partial charge >= 0.3 is 7.60 Å². The minimum Gasteiger partial charge on any atom is -0.413 e. The van der Waals surface area contributed by atoms with E-state index in [9.17, 15) is 4.57 Å². The first-order valence-corrected chi connectivity index (χ1v) is 10.4. The van der Waals surface area contributed by atoms with Gasteiger partial charge < -0.3 is 9.05 Å². The highest BCUT2D eigenvalue weighted by atomic mass is 32.2. The van der Waals surface area contributed by atoms with Crippen molar-refractivity contribution < 1.29 is 13.6 Å². The van der Waals surface area contributed by atoms with Gasteiger partial charge in [0.15, 0.2) is 0 Å². The zero-order valence-electron chi connectivity index (χ0n) is 11.8.